The van der Waals surface area contributed by atoms with Crippen molar-refractivity contribution in [2.75, 3.05) is 11.9 Å². The molecule has 3 aliphatic heterocycles. The summed E-state index contributed by atoms with van der Waals surface area (Å²) in [6, 6.07) is 16.0. The number of anilines is 1. The lowest BCUT2D eigenvalue weighted by Crippen LogP contribution is -2.69. The Hall–Kier alpha value is -3.19. The van der Waals surface area contributed by atoms with E-state index in [0.717, 1.165) is 43.4 Å². The Bertz CT molecular complexity index is 1160. The van der Waals surface area contributed by atoms with Crippen LogP contribution >= 0.6 is 0 Å². The van der Waals surface area contributed by atoms with Crippen LogP contribution in [0.5, 0.6) is 0 Å². The van der Waals surface area contributed by atoms with E-state index in [2.05, 4.69) is 0 Å². The van der Waals surface area contributed by atoms with Gasteiger partial charge in [0, 0.05) is 18.8 Å². The van der Waals surface area contributed by atoms with Gasteiger partial charge in [-0.2, -0.15) is 0 Å². The van der Waals surface area contributed by atoms with Crippen LogP contribution in [0.4, 0.5) is 5.69 Å². The van der Waals surface area contributed by atoms with E-state index in [0.29, 0.717) is 5.56 Å². The fraction of sp³-hybridized carbons (Fsp3) is 0.423. The molecular formula is C26H28N4O3. The lowest BCUT2D eigenvalue weighted by Gasteiger charge is -2.38. The monoisotopic (exact) mass is 444 g/mol. The van der Waals surface area contributed by atoms with Crippen LogP contribution in [0, 0.1) is 0 Å². The van der Waals surface area contributed by atoms with Gasteiger partial charge in [0.1, 0.15) is 6.04 Å². The summed E-state index contributed by atoms with van der Waals surface area (Å²) >= 11 is 0. The SMILES string of the molecule is CN1c2ccccc2C23C(=O)N(Cc4ccccc4)C(=O)C2N(C2CCCCC2)C(=O)C13N. The van der Waals surface area contributed by atoms with Crippen LogP contribution in [0.1, 0.15) is 43.2 Å². The normalized spacial score (nSPS) is 31.3. The number of carbonyl (C=O) groups is 3. The van der Waals surface area contributed by atoms with Gasteiger partial charge in [0.25, 0.3) is 11.8 Å². The number of rotatable bonds is 3. The number of likely N-dealkylation sites (tertiary alicyclic amines) is 2. The molecule has 7 nitrogen and oxygen atoms in total. The van der Waals surface area contributed by atoms with Crippen molar-refractivity contribution in [3.05, 3.63) is 65.7 Å². The number of nitrogens with zero attached hydrogens (tertiary/aromatic N) is 3. The number of para-hydroxylation sites is 1. The second kappa shape index (κ2) is 6.90. The predicted molar refractivity (Wildman–Crippen MR) is 123 cm³/mol. The average Bonchev–Trinajstić information content (AvgIpc) is 3.29. The number of imide groups is 1. The van der Waals surface area contributed by atoms with Gasteiger partial charge in [0.2, 0.25) is 5.91 Å². The van der Waals surface area contributed by atoms with E-state index in [1.54, 1.807) is 16.8 Å². The number of amides is 3. The van der Waals surface area contributed by atoms with Crippen LogP contribution in [0.15, 0.2) is 54.6 Å². The minimum atomic E-state index is -1.63. The van der Waals surface area contributed by atoms with Crippen molar-refractivity contribution in [2.45, 2.75) is 61.8 Å². The highest BCUT2D eigenvalue weighted by Crippen LogP contribution is 2.61. The molecule has 1 aliphatic carbocycles. The molecule has 3 amide bonds. The first-order valence-electron chi connectivity index (χ1n) is 11.8. The molecule has 3 heterocycles. The van der Waals surface area contributed by atoms with Gasteiger partial charge in [-0.25, -0.2) is 0 Å². The van der Waals surface area contributed by atoms with Crippen molar-refractivity contribution in [3.63, 3.8) is 0 Å². The van der Waals surface area contributed by atoms with Crippen LogP contribution in [0.25, 0.3) is 0 Å². The van der Waals surface area contributed by atoms with Gasteiger partial charge in [-0.15, -0.1) is 0 Å². The average molecular weight is 445 g/mol. The lowest BCUT2D eigenvalue weighted by atomic mass is 9.71. The van der Waals surface area contributed by atoms with Crippen LogP contribution in [-0.4, -0.2) is 52.3 Å². The van der Waals surface area contributed by atoms with E-state index in [1.165, 1.54) is 4.90 Å². The maximum atomic E-state index is 14.3. The van der Waals surface area contributed by atoms with Crippen molar-refractivity contribution in [1.29, 1.82) is 0 Å². The molecule has 6 rings (SSSR count). The van der Waals surface area contributed by atoms with E-state index in [9.17, 15) is 14.4 Å². The Kier molecular flexibility index (Phi) is 4.27. The van der Waals surface area contributed by atoms with Gasteiger partial charge in [0.15, 0.2) is 11.1 Å². The van der Waals surface area contributed by atoms with Gasteiger partial charge in [-0.1, -0.05) is 67.8 Å². The first-order chi connectivity index (χ1) is 15.9. The number of likely N-dealkylation sites (N-methyl/N-ethyl adjacent to an activating group) is 1. The number of carbonyl (C=O) groups excluding carboxylic acids is 3. The fourth-order valence-electron chi connectivity index (χ4n) is 6.76. The smallest absolute Gasteiger partial charge is 0.265 e. The molecule has 1 saturated carbocycles. The topological polar surface area (TPSA) is 87.0 Å². The number of hydrogen-bond acceptors (Lipinski definition) is 5. The van der Waals surface area contributed by atoms with E-state index in [1.807, 2.05) is 54.6 Å². The van der Waals surface area contributed by atoms with Crippen molar-refractivity contribution >= 4 is 23.4 Å². The fourth-order valence-corrected chi connectivity index (χ4v) is 6.76. The molecule has 33 heavy (non-hydrogen) atoms. The van der Waals surface area contributed by atoms with Gasteiger partial charge in [0.05, 0.1) is 6.54 Å². The van der Waals surface area contributed by atoms with Crippen LogP contribution in [-0.2, 0) is 26.3 Å². The molecule has 170 valence electrons. The molecule has 0 bridgehead atoms. The highest BCUT2D eigenvalue weighted by Gasteiger charge is 2.83. The van der Waals surface area contributed by atoms with Gasteiger partial charge >= 0.3 is 0 Å². The zero-order valence-electron chi connectivity index (χ0n) is 18.7. The standard InChI is InChI=1S/C26H28N4O3/c1-28-20-15-9-8-14-19(20)25-21(22(31)29(23(25)32)16-17-10-4-2-5-11-17)30(24(33)26(25,28)27)18-12-6-3-7-13-18/h2,4-5,8-11,14-15,18,21H,3,6-7,12-13,16,27H2,1H3. The molecule has 2 saturated heterocycles. The van der Waals surface area contributed by atoms with E-state index in [4.69, 9.17) is 5.73 Å². The Morgan fingerprint density at radius 3 is 2.30 bits per heavy atom. The molecule has 3 fully saturated rings. The number of hydrogen-bond donors (Lipinski definition) is 1. The number of benzene rings is 2. The van der Waals surface area contributed by atoms with Gasteiger partial charge in [-0.05, 0) is 30.0 Å². The zero-order chi connectivity index (χ0) is 23.0. The summed E-state index contributed by atoms with van der Waals surface area (Å²) in [5, 5.41) is 0. The van der Waals surface area contributed by atoms with Gasteiger partial charge < -0.3 is 9.80 Å². The van der Waals surface area contributed by atoms with Gasteiger partial charge in [-0.3, -0.25) is 25.0 Å². The Morgan fingerprint density at radius 2 is 1.58 bits per heavy atom. The van der Waals surface area contributed by atoms with E-state index in [-0.39, 0.29) is 30.3 Å². The number of nitrogens with two attached hydrogens (primary N) is 1. The summed E-state index contributed by atoms with van der Waals surface area (Å²) in [4.78, 5) is 47.2. The Balaban J connectivity index is 1.56. The molecule has 1 spiro atoms. The molecule has 3 atom stereocenters. The maximum absolute atomic E-state index is 14.3. The summed E-state index contributed by atoms with van der Waals surface area (Å²) in [5.41, 5.74) is 6.23. The summed E-state index contributed by atoms with van der Waals surface area (Å²) in [6.45, 7) is 0.172. The molecule has 0 aromatic heterocycles. The first kappa shape index (κ1) is 20.4. The zero-order valence-corrected chi connectivity index (χ0v) is 18.7. The van der Waals surface area contributed by atoms with Crippen molar-refractivity contribution < 1.29 is 14.4 Å². The van der Waals surface area contributed by atoms with E-state index >= 15 is 0 Å². The largest absolute Gasteiger partial charge is 0.347 e. The highest BCUT2D eigenvalue weighted by atomic mass is 16.2. The van der Waals surface area contributed by atoms with Crippen molar-refractivity contribution in [1.82, 2.24) is 9.80 Å². The number of fused-ring (bicyclic) bond motifs is 1. The van der Waals surface area contributed by atoms with Crippen molar-refractivity contribution in [2.24, 2.45) is 5.73 Å². The third-order valence-electron chi connectivity index (χ3n) is 8.30. The first-order valence-corrected chi connectivity index (χ1v) is 11.8. The molecule has 7 heteroatoms. The molecule has 3 unspecified atom stereocenters. The Morgan fingerprint density at radius 1 is 0.909 bits per heavy atom. The highest BCUT2D eigenvalue weighted by molar-refractivity contribution is 6.23. The third-order valence-corrected chi connectivity index (χ3v) is 8.30. The van der Waals surface area contributed by atoms with Crippen LogP contribution in [0.2, 0.25) is 0 Å². The van der Waals surface area contributed by atoms with E-state index < -0.39 is 17.1 Å². The minimum absolute atomic E-state index is 0.0758. The summed E-state index contributed by atoms with van der Waals surface area (Å²) < 4.78 is 0. The third kappa shape index (κ3) is 2.30. The lowest BCUT2D eigenvalue weighted by molar-refractivity contribution is -0.149. The van der Waals surface area contributed by atoms with Crippen LogP contribution in [0.3, 0.4) is 0 Å². The molecule has 4 aliphatic rings. The predicted octanol–water partition coefficient (Wildman–Crippen LogP) is 2.14. The molecule has 2 N–H and O–H groups in total. The second-order valence-electron chi connectivity index (χ2n) is 9.77. The maximum Gasteiger partial charge on any atom is 0.265 e. The summed E-state index contributed by atoms with van der Waals surface area (Å²) in [5.74, 6) is -0.994. The second-order valence-corrected chi connectivity index (χ2v) is 9.77. The quantitative estimate of drug-likeness (QED) is 0.733. The molecule has 2 aromatic rings. The van der Waals surface area contributed by atoms with Crippen LogP contribution < -0.4 is 10.6 Å². The molecule has 2 aromatic carbocycles. The Labute approximate surface area is 193 Å². The minimum Gasteiger partial charge on any atom is -0.347 e. The summed E-state index contributed by atoms with van der Waals surface area (Å²) in [7, 11) is 1.77. The molecular weight excluding hydrogens is 416 g/mol. The molecule has 0 radical (unpaired) electrons. The van der Waals surface area contributed by atoms with Crippen molar-refractivity contribution in [3.8, 4) is 0 Å². The summed E-state index contributed by atoms with van der Waals surface area (Å²) in [6.07, 6.45) is 4.81.